The fourth-order valence-electron chi connectivity index (χ4n) is 1.69. The van der Waals surface area contributed by atoms with Crippen LogP contribution in [0.3, 0.4) is 0 Å². The maximum absolute atomic E-state index is 9.17. The molecule has 1 aromatic heterocycles. The Kier molecular flexibility index (Phi) is 5.52. The van der Waals surface area contributed by atoms with Crippen LogP contribution in [0.2, 0.25) is 0 Å². The highest BCUT2D eigenvalue weighted by atomic mass is 32.1. The van der Waals surface area contributed by atoms with E-state index in [-0.39, 0.29) is 6.10 Å². The van der Waals surface area contributed by atoms with E-state index in [9.17, 15) is 0 Å². The molecular weight excluding hydrogens is 272 g/mol. The maximum Gasteiger partial charge on any atom is 0.140 e. The fraction of sp³-hybridized carbons (Fsp3) is 0.400. The predicted octanol–water partition coefficient (Wildman–Crippen LogP) is 2.50. The van der Waals surface area contributed by atoms with E-state index < -0.39 is 0 Å². The van der Waals surface area contributed by atoms with E-state index in [1.165, 1.54) is 5.56 Å². The lowest BCUT2D eigenvalue weighted by Gasteiger charge is -2.05. The number of thiazole rings is 1. The first-order chi connectivity index (χ1) is 9.63. The SMILES string of the molecule is Cc1ccc(OCc2nc(CNCC(C)O)cs2)cc1. The molecule has 20 heavy (non-hydrogen) atoms. The van der Waals surface area contributed by atoms with Crippen LogP contribution in [0.15, 0.2) is 29.6 Å². The molecule has 1 atom stereocenters. The van der Waals surface area contributed by atoms with Gasteiger partial charge in [0.2, 0.25) is 0 Å². The summed E-state index contributed by atoms with van der Waals surface area (Å²) in [5.41, 5.74) is 2.20. The first-order valence-corrected chi connectivity index (χ1v) is 7.53. The van der Waals surface area contributed by atoms with Crippen LogP contribution in [0.5, 0.6) is 5.75 Å². The van der Waals surface area contributed by atoms with Crippen LogP contribution in [0.4, 0.5) is 0 Å². The second-order valence-corrected chi connectivity index (χ2v) is 5.76. The zero-order valence-electron chi connectivity index (χ0n) is 11.8. The third-order valence-corrected chi connectivity index (χ3v) is 3.60. The van der Waals surface area contributed by atoms with Gasteiger partial charge in [-0.1, -0.05) is 17.7 Å². The number of benzene rings is 1. The largest absolute Gasteiger partial charge is 0.486 e. The van der Waals surface area contributed by atoms with Gasteiger partial charge in [-0.15, -0.1) is 11.3 Å². The fourth-order valence-corrected chi connectivity index (χ4v) is 2.39. The summed E-state index contributed by atoms with van der Waals surface area (Å²) in [6, 6.07) is 7.99. The summed E-state index contributed by atoms with van der Waals surface area (Å²) in [4.78, 5) is 4.49. The van der Waals surface area contributed by atoms with E-state index in [0.29, 0.717) is 19.7 Å². The Labute approximate surface area is 123 Å². The first-order valence-electron chi connectivity index (χ1n) is 6.65. The van der Waals surface area contributed by atoms with E-state index in [1.807, 2.05) is 29.6 Å². The molecule has 4 nitrogen and oxygen atoms in total. The topological polar surface area (TPSA) is 54.4 Å². The molecule has 0 aliphatic carbocycles. The zero-order valence-corrected chi connectivity index (χ0v) is 12.6. The first kappa shape index (κ1) is 15.0. The molecule has 5 heteroatoms. The van der Waals surface area contributed by atoms with Crippen molar-refractivity contribution in [1.82, 2.24) is 10.3 Å². The average molecular weight is 292 g/mol. The molecule has 0 aliphatic heterocycles. The minimum absolute atomic E-state index is 0.335. The van der Waals surface area contributed by atoms with Crippen LogP contribution in [0, 0.1) is 6.92 Å². The van der Waals surface area contributed by atoms with Crippen LogP contribution >= 0.6 is 11.3 Å². The van der Waals surface area contributed by atoms with Crippen molar-refractivity contribution >= 4 is 11.3 Å². The van der Waals surface area contributed by atoms with E-state index in [4.69, 9.17) is 9.84 Å². The quantitative estimate of drug-likeness (QED) is 0.823. The monoisotopic (exact) mass is 292 g/mol. The lowest BCUT2D eigenvalue weighted by molar-refractivity contribution is 0.191. The van der Waals surface area contributed by atoms with Gasteiger partial charge in [0.05, 0.1) is 11.8 Å². The molecule has 0 bridgehead atoms. The van der Waals surface area contributed by atoms with Gasteiger partial charge >= 0.3 is 0 Å². The van der Waals surface area contributed by atoms with Crippen LogP contribution in [-0.2, 0) is 13.2 Å². The Balaban J connectivity index is 1.79. The zero-order chi connectivity index (χ0) is 14.4. The lowest BCUT2D eigenvalue weighted by Crippen LogP contribution is -2.23. The Hall–Kier alpha value is -1.43. The molecule has 0 saturated carbocycles. The summed E-state index contributed by atoms with van der Waals surface area (Å²) >= 11 is 1.59. The second kappa shape index (κ2) is 7.38. The second-order valence-electron chi connectivity index (χ2n) is 4.81. The highest BCUT2D eigenvalue weighted by molar-refractivity contribution is 7.09. The Morgan fingerprint density at radius 3 is 2.80 bits per heavy atom. The van der Waals surface area contributed by atoms with Gasteiger partial charge in [0.1, 0.15) is 17.4 Å². The van der Waals surface area contributed by atoms with Crippen molar-refractivity contribution in [3.8, 4) is 5.75 Å². The molecule has 0 amide bonds. The summed E-state index contributed by atoms with van der Waals surface area (Å²) in [6.07, 6.45) is -0.335. The van der Waals surface area contributed by atoms with Gasteiger partial charge in [0.25, 0.3) is 0 Å². The number of rotatable bonds is 7. The van der Waals surface area contributed by atoms with Crippen molar-refractivity contribution in [2.75, 3.05) is 6.54 Å². The number of hydrogen-bond acceptors (Lipinski definition) is 5. The molecule has 2 aromatic rings. The Morgan fingerprint density at radius 2 is 2.10 bits per heavy atom. The molecule has 0 saturated heterocycles. The number of aliphatic hydroxyl groups is 1. The minimum Gasteiger partial charge on any atom is -0.486 e. The average Bonchev–Trinajstić information content (AvgIpc) is 2.86. The van der Waals surface area contributed by atoms with Gasteiger partial charge in [-0.05, 0) is 26.0 Å². The molecule has 0 aliphatic rings. The molecule has 108 valence electrons. The number of aliphatic hydroxyl groups excluding tert-OH is 1. The van der Waals surface area contributed by atoms with Crippen LogP contribution in [0.1, 0.15) is 23.2 Å². The predicted molar refractivity (Wildman–Crippen MR) is 81.0 cm³/mol. The maximum atomic E-state index is 9.17. The molecular formula is C15H20N2O2S. The number of aryl methyl sites for hydroxylation is 1. The van der Waals surface area contributed by atoms with Crippen molar-refractivity contribution in [2.45, 2.75) is 33.1 Å². The smallest absolute Gasteiger partial charge is 0.140 e. The van der Waals surface area contributed by atoms with Gasteiger partial charge in [0.15, 0.2) is 0 Å². The Bertz CT molecular complexity index is 523. The van der Waals surface area contributed by atoms with Gasteiger partial charge in [-0.2, -0.15) is 0 Å². The van der Waals surface area contributed by atoms with Crippen molar-refractivity contribution in [3.05, 3.63) is 45.9 Å². The molecule has 1 aromatic carbocycles. The van der Waals surface area contributed by atoms with Crippen molar-refractivity contribution < 1.29 is 9.84 Å². The number of nitrogens with one attached hydrogen (secondary N) is 1. The van der Waals surface area contributed by atoms with E-state index >= 15 is 0 Å². The van der Waals surface area contributed by atoms with Crippen LogP contribution in [-0.4, -0.2) is 22.7 Å². The van der Waals surface area contributed by atoms with E-state index in [1.54, 1.807) is 18.3 Å². The molecule has 0 fully saturated rings. The summed E-state index contributed by atoms with van der Waals surface area (Å²) in [5, 5.41) is 15.3. The van der Waals surface area contributed by atoms with Gasteiger partial charge < -0.3 is 15.2 Å². The summed E-state index contributed by atoms with van der Waals surface area (Å²) in [7, 11) is 0. The van der Waals surface area contributed by atoms with Gasteiger partial charge in [-0.3, -0.25) is 0 Å². The molecule has 2 rings (SSSR count). The summed E-state index contributed by atoms with van der Waals surface area (Å²) < 4.78 is 5.69. The van der Waals surface area contributed by atoms with Crippen molar-refractivity contribution in [2.24, 2.45) is 0 Å². The third kappa shape index (κ3) is 4.92. The summed E-state index contributed by atoms with van der Waals surface area (Å²) in [6.45, 7) is 5.55. The number of ether oxygens (including phenoxy) is 1. The van der Waals surface area contributed by atoms with Crippen LogP contribution in [0.25, 0.3) is 0 Å². The van der Waals surface area contributed by atoms with E-state index in [0.717, 1.165) is 16.5 Å². The molecule has 2 N–H and O–H groups in total. The lowest BCUT2D eigenvalue weighted by atomic mass is 10.2. The highest BCUT2D eigenvalue weighted by Gasteiger charge is 2.03. The van der Waals surface area contributed by atoms with Gasteiger partial charge in [-0.25, -0.2) is 4.98 Å². The molecule has 1 heterocycles. The number of aromatic nitrogens is 1. The van der Waals surface area contributed by atoms with Gasteiger partial charge in [0, 0.05) is 18.5 Å². The minimum atomic E-state index is -0.335. The molecule has 1 unspecified atom stereocenters. The summed E-state index contributed by atoms with van der Waals surface area (Å²) in [5.74, 6) is 0.861. The van der Waals surface area contributed by atoms with Crippen molar-refractivity contribution in [3.63, 3.8) is 0 Å². The third-order valence-electron chi connectivity index (χ3n) is 2.73. The Morgan fingerprint density at radius 1 is 1.35 bits per heavy atom. The number of nitrogens with zero attached hydrogens (tertiary/aromatic N) is 1. The number of hydrogen-bond donors (Lipinski definition) is 2. The standard InChI is InChI=1S/C15H20N2O2S/c1-11-3-5-14(6-4-11)19-9-15-17-13(10-20-15)8-16-7-12(2)18/h3-6,10,12,16,18H,7-9H2,1-2H3. The highest BCUT2D eigenvalue weighted by Crippen LogP contribution is 2.16. The van der Waals surface area contributed by atoms with Crippen LogP contribution < -0.4 is 10.1 Å². The van der Waals surface area contributed by atoms with Crippen molar-refractivity contribution in [1.29, 1.82) is 0 Å². The normalized spacial score (nSPS) is 12.3. The van der Waals surface area contributed by atoms with E-state index in [2.05, 4.69) is 17.2 Å². The molecule has 0 spiro atoms. The molecule has 0 radical (unpaired) electrons.